The number of nitrogens with zero attached hydrogens (tertiary/aromatic N) is 1. The summed E-state index contributed by atoms with van der Waals surface area (Å²) in [6.45, 7) is 0. The molecule has 2 aromatic rings. The predicted octanol–water partition coefficient (Wildman–Crippen LogP) is 3.14. The molecule has 0 bridgehead atoms. The number of Topliss-reactive ketones (excluding diaryl/α,β-unsaturated/α-hetero) is 1. The van der Waals surface area contributed by atoms with Crippen LogP contribution in [0.4, 0.5) is 5.00 Å². The average molecular weight is 253 g/mol. The molecular weight excluding hydrogens is 246 g/mol. The minimum Gasteiger partial charge on any atom is -0.293 e. The topological polar surface area (TPSA) is 60.2 Å². The zero-order valence-electron chi connectivity index (χ0n) is 8.08. The van der Waals surface area contributed by atoms with E-state index in [-0.39, 0.29) is 10.8 Å². The first-order chi connectivity index (χ1) is 7.66. The van der Waals surface area contributed by atoms with Gasteiger partial charge in [-0.15, -0.1) is 11.3 Å². The van der Waals surface area contributed by atoms with E-state index in [2.05, 4.69) is 0 Å². The molecule has 2 heterocycles. The normalized spacial score (nSPS) is 10.2. The van der Waals surface area contributed by atoms with Crippen molar-refractivity contribution < 1.29 is 9.72 Å². The molecule has 0 aliphatic heterocycles. The number of carbonyl (C=O) groups excluding carboxylic acids is 1. The molecule has 82 valence electrons. The lowest BCUT2D eigenvalue weighted by Crippen LogP contribution is -1.98. The summed E-state index contributed by atoms with van der Waals surface area (Å²) in [5, 5.41) is 12.4. The molecule has 0 amide bonds. The second-order valence-corrected chi connectivity index (χ2v) is 5.17. The molecule has 6 heteroatoms. The molecule has 0 aliphatic rings. The molecule has 0 saturated heterocycles. The molecule has 0 aromatic carbocycles. The summed E-state index contributed by atoms with van der Waals surface area (Å²) in [7, 11) is 0. The van der Waals surface area contributed by atoms with Gasteiger partial charge in [0.05, 0.1) is 9.80 Å². The molecule has 0 unspecified atom stereocenters. The van der Waals surface area contributed by atoms with Gasteiger partial charge in [0, 0.05) is 17.4 Å². The first-order valence-corrected chi connectivity index (χ1v) is 6.16. The van der Waals surface area contributed by atoms with Gasteiger partial charge in [0.15, 0.2) is 5.78 Å². The van der Waals surface area contributed by atoms with Crippen LogP contribution in [0, 0.1) is 10.1 Å². The van der Waals surface area contributed by atoms with E-state index < -0.39 is 4.92 Å². The SMILES string of the molecule is O=C(Cc1cccs1)c1ccc([N+](=O)[O-])s1. The minimum absolute atomic E-state index is 0.00882. The highest BCUT2D eigenvalue weighted by Crippen LogP contribution is 2.25. The van der Waals surface area contributed by atoms with Crippen molar-refractivity contribution in [3.05, 3.63) is 49.5 Å². The van der Waals surface area contributed by atoms with Crippen LogP contribution in [0.5, 0.6) is 0 Å². The van der Waals surface area contributed by atoms with Crippen molar-refractivity contribution >= 4 is 33.5 Å². The van der Waals surface area contributed by atoms with Gasteiger partial charge in [0.2, 0.25) is 0 Å². The van der Waals surface area contributed by atoms with E-state index in [4.69, 9.17) is 0 Å². The Morgan fingerprint density at radius 2 is 2.19 bits per heavy atom. The van der Waals surface area contributed by atoms with Crippen LogP contribution in [0.1, 0.15) is 14.5 Å². The van der Waals surface area contributed by atoms with E-state index in [9.17, 15) is 14.9 Å². The van der Waals surface area contributed by atoms with Crippen LogP contribution in [-0.2, 0) is 6.42 Å². The third-order valence-electron chi connectivity index (χ3n) is 1.96. The molecule has 4 nitrogen and oxygen atoms in total. The third-order valence-corrected chi connectivity index (χ3v) is 3.92. The molecule has 0 atom stereocenters. The maximum atomic E-state index is 11.7. The van der Waals surface area contributed by atoms with Crippen LogP contribution in [-0.4, -0.2) is 10.7 Å². The molecule has 0 saturated carbocycles. The number of carbonyl (C=O) groups is 1. The quantitative estimate of drug-likeness (QED) is 0.477. The molecule has 2 aromatic heterocycles. The Hall–Kier alpha value is -1.53. The van der Waals surface area contributed by atoms with E-state index in [1.807, 2.05) is 17.5 Å². The van der Waals surface area contributed by atoms with Gasteiger partial charge in [-0.05, 0) is 17.5 Å². The van der Waals surface area contributed by atoms with Crippen molar-refractivity contribution in [2.45, 2.75) is 6.42 Å². The summed E-state index contributed by atoms with van der Waals surface area (Å²) in [5.74, 6) is -0.0689. The average Bonchev–Trinajstić information content (AvgIpc) is 2.86. The second kappa shape index (κ2) is 4.54. The highest BCUT2D eigenvalue weighted by atomic mass is 32.1. The Balaban J connectivity index is 2.12. The summed E-state index contributed by atoms with van der Waals surface area (Å²) in [6, 6.07) is 6.64. The Labute approximate surface area is 99.3 Å². The zero-order chi connectivity index (χ0) is 11.5. The van der Waals surface area contributed by atoms with E-state index in [0.29, 0.717) is 11.3 Å². The number of hydrogen-bond donors (Lipinski definition) is 0. The van der Waals surface area contributed by atoms with Crippen LogP contribution < -0.4 is 0 Å². The molecule has 16 heavy (non-hydrogen) atoms. The van der Waals surface area contributed by atoms with Crippen molar-refractivity contribution in [3.8, 4) is 0 Å². The lowest BCUT2D eigenvalue weighted by molar-refractivity contribution is -0.380. The van der Waals surface area contributed by atoms with Gasteiger partial charge in [0.25, 0.3) is 0 Å². The van der Waals surface area contributed by atoms with Crippen LogP contribution in [0.3, 0.4) is 0 Å². The van der Waals surface area contributed by atoms with E-state index in [0.717, 1.165) is 16.2 Å². The van der Waals surface area contributed by atoms with Crippen molar-refractivity contribution in [2.24, 2.45) is 0 Å². The minimum atomic E-state index is -0.480. The predicted molar refractivity (Wildman–Crippen MR) is 63.3 cm³/mol. The largest absolute Gasteiger partial charge is 0.324 e. The fraction of sp³-hybridized carbons (Fsp3) is 0.100. The first-order valence-electron chi connectivity index (χ1n) is 4.46. The Morgan fingerprint density at radius 1 is 1.38 bits per heavy atom. The van der Waals surface area contributed by atoms with Crippen molar-refractivity contribution in [1.29, 1.82) is 0 Å². The molecule has 0 aliphatic carbocycles. The van der Waals surface area contributed by atoms with Crippen LogP contribution >= 0.6 is 22.7 Å². The van der Waals surface area contributed by atoms with Crippen LogP contribution in [0.25, 0.3) is 0 Å². The van der Waals surface area contributed by atoms with Gasteiger partial charge in [-0.1, -0.05) is 17.4 Å². The monoisotopic (exact) mass is 253 g/mol. The number of hydrogen-bond acceptors (Lipinski definition) is 5. The molecule has 0 fully saturated rings. The van der Waals surface area contributed by atoms with E-state index in [1.54, 1.807) is 0 Å². The van der Waals surface area contributed by atoms with Gasteiger partial charge >= 0.3 is 5.00 Å². The Kier molecular flexibility index (Phi) is 3.12. The zero-order valence-corrected chi connectivity index (χ0v) is 9.72. The van der Waals surface area contributed by atoms with Crippen molar-refractivity contribution in [1.82, 2.24) is 0 Å². The first kappa shape index (κ1) is 11.0. The summed E-state index contributed by atoms with van der Waals surface area (Å²) in [4.78, 5) is 23.1. The van der Waals surface area contributed by atoms with E-state index in [1.165, 1.54) is 23.5 Å². The number of thiophene rings is 2. The second-order valence-electron chi connectivity index (χ2n) is 3.07. The van der Waals surface area contributed by atoms with Crippen LogP contribution in [0.15, 0.2) is 29.6 Å². The van der Waals surface area contributed by atoms with E-state index >= 15 is 0 Å². The number of ketones is 1. The molecule has 0 N–H and O–H groups in total. The maximum Gasteiger partial charge on any atom is 0.324 e. The smallest absolute Gasteiger partial charge is 0.293 e. The molecule has 0 spiro atoms. The highest BCUT2D eigenvalue weighted by molar-refractivity contribution is 7.17. The number of rotatable bonds is 4. The fourth-order valence-corrected chi connectivity index (χ4v) is 2.70. The van der Waals surface area contributed by atoms with Gasteiger partial charge < -0.3 is 0 Å². The van der Waals surface area contributed by atoms with Crippen molar-refractivity contribution in [3.63, 3.8) is 0 Å². The Morgan fingerprint density at radius 3 is 2.75 bits per heavy atom. The highest BCUT2D eigenvalue weighted by Gasteiger charge is 2.15. The lowest BCUT2D eigenvalue weighted by atomic mass is 10.2. The molecule has 2 rings (SSSR count). The summed E-state index contributed by atoms with van der Waals surface area (Å²) < 4.78 is 0. The Bertz CT molecular complexity index is 516. The number of nitro groups is 1. The van der Waals surface area contributed by atoms with Crippen LogP contribution in [0.2, 0.25) is 0 Å². The lowest BCUT2D eigenvalue weighted by Gasteiger charge is -1.93. The van der Waals surface area contributed by atoms with Gasteiger partial charge in [-0.25, -0.2) is 0 Å². The van der Waals surface area contributed by atoms with Gasteiger partial charge in [-0.3, -0.25) is 14.9 Å². The molecule has 0 radical (unpaired) electrons. The summed E-state index contributed by atoms with van der Waals surface area (Å²) in [6.07, 6.45) is 0.315. The maximum absolute atomic E-state index is 11.7. The summed E-state index contributed by atoms with van der Waals surface area (Å²) in [5.41, 5.74) is 0. The fourth-order valence-electron chi connectivity index (χ4n) is 1.23. The third kappa shape index (κ3) is 2.34. The van der Waals surface area contributed by atoms with Gasteiger partial charge in [0.1, 0.15) is 0 Å². The molecular formula is C10H7NO3S2. The van der Waals surface area contributed by atoms with Crippen molar-refractivity contribution in [2.75, 3.05) is 0 Å². The van der Waals surface area contributed by atoms with Gasteiger partial charge in [-0.2, -0.15) is 0 Å². The standard InChI is InChI=1S/C10H7NO3S2/c12-8(6-7-2-1-5-15-7)9-3-4-10(16-9)11(13)14/h1-5H,6H2. The summed E-state index contributed by atoms with van der Waals surface area (Å²) >= 11 is 2.44.